The SMILES string of the molecule is CCN(C(=O)C1CC1)c1cncc(-c2cc(-c3cccnc3)cs2)c1. The fourth-order valence-corrected chi connectivity index (χ4v) is 3.80. The molecule has 3 aromatic heterocycles. The van der Waals surface area contributed by atoms with E-state index in [9.17, 15) is 4.79 Å². The molecule has 0 bridgehead atoms. The van der Waals surface area contributed by atoms with Crippen LogP contribution in [0.1, 0.15) is 19.8 Å². The van der Waals surface area contributed by atoms with Crippen molar-refractivity contribution in [1.82, 2.24) is 9.97 Å². The topological polar surface area (TPSA) is 46.1 Å². The fraction of sp³-hybridized carbons (Fsp3) is 0.250. The third-order valence-electron chi connectivity index (χ3n) is 4.42. The van der Waals surface area contributed by atoms with E-state index in [0.29, 0.717) is 6.54 Å². The number of hydrogen-bond acceptors (Lipinski definition) is 4. The monoisotopic (exact) mass is 349 g/mol. The van der Waals surface area contributed by atoms with Crippen molar-refractivity contribution in [2.24, 2.45) is 5.92 Å². The lowest BCUT2D eigenvalue weighted by Crippen LogP contribution is -2.31. The van der Waals surface area contributed by atoms with Crippen molar-refractivity contribution in [2.75, 3.05) is 11.4 Å². The van der Waals surface area contributed by atoms with Crippen LogP contribution in [0.2, 0.25) is 0 Å². The van der Waals surface area contributed by atoms with Crippen LogP contribution in [0, 0.1) is 5.92 Å². The van der Waals surface area contributed by atoms with Gasteiger partial charge in [0.1, 0.15) is 0 Å². The van der Waals surface area contributed by atoms with E-state index in [0.717, 1.165) is 40.1 Å². The van der Waals surface area contributed by atoms with Gasteiger partial charge in [-0.3, -0.25) is 14.8 Å². The first-order chi connectivity index (χ1) is 12.3. The first-order valence-corrected chi connectivity index (χ1v) is 9.40. The number of pyridine rings is 2. The molecule has 4 nitrogen and oxygen atoms in total. The van der Waals surface area contributed by atoms with Crippen molar-refractivity contribution in [3.63, 3.8) is 0 Å². The Morgan fingerprint density at radius 1 is 1.16 bits per heavy atom. The van der Waals surface area contributed by atoms with E-state index in [4.69, 9.17) is 0 Å². The van der Waals surface area contributed by atoms with Gasteiger partial charge in [-0.1, -0.05) is 6.07 Å². The van der Waals surface area contributed by atoms with Crippen molar-refractivity contribution in [3.8, 4) is 21.6 Å². The molecule has 1 saturated carbocycles. The summed E-state index contributed by atoms with van der Waals surface area (Å²) >= 11 is 1.68. The lowest BCUT2D eigenvalue weighted by Gasteiger charge is -2.21. The normalized spacial score (nSPS) is 13.6. The molecule has 0 N–H and O–H groups in total. The Morgan fingerprint density at radius 2 is 2.00 bits per heavy atom. The summed E-state index contributed by atoms with van der Waals surface area (Å²) < 4.78 is 0. The Bertz CT molecular complexity index is 887. The van der Waals surface area contributed by atoms with Crippen LogP contribution in [-0.4, -0.2) is 22.4 Å². The van der Waals surface area contributed by atoms with E-state index in [-0.39, 0.29) is 11.8 Å². The minimum atomic E-state index is 0.211. The van der Waals surface area contributed by atoms with Crippen molar-refractivity contribution in [3.05, 3.63) is 54.4 Å². The molecule has 1 aliphatic carbocycles. The molecule has 1 amide bonds. The highest BCUT2D eigenvalue weighted by molar-refractivity contribution is 7.14. The molecule has 3 aromatic rings. The highest BCUT2D eigenvalue weighted by Crippen LogP contribution is 2.35. The lowest BCUT2D eigenvalue weighted by atomic mass is 10.1. The molecule has 25 heavy (non-hydrogen) atoms. The van der Waals surface area contributed by atoms with Gasteiger partial charge in [0.15, 0.2) is 0 Å². The summed E-state index contributed by atoms with van der Waals surface area (Å²) in [7, 11) is 0. The third-order valence-corrected chi connectivity index (χ3v) is 5.40. The molecule has 0 aliphatic heterocycles. The van der Waals surface area contributed by atoms with Crippen molar-refractivity contribution in [2.45, 2.75) is 19.8 Å². The predicted octanol–water partition coefficient (Wildman–Crippen LogP) is 4.64. The van der Waals surface area contributed by atoms with Crippen LogP contribution in [0.15, 0.2) is 54.4 Å². The van der Waals surface area contributed by atoms with Crippen molar-refractivity contribution < 1.29 is 4.79 Å². The van der Waals surface area contributed by atoms with Gasteiger partial charge in [0.05, 0.1) is 11.9 Å². The number of carbonyl (C=O) groups excluding carboxylic acids is 1. The molecule has 3 heterocycles. The zero-order valence-corrected chi connectivity index (χ0v) is 14.9. The number of hydrogen-bond donors (Lipinski definition) is 0. The standard InChI is InChI=1S/C20H19N3OS/c1-2-23(20(24)14-5-6-14)18-8-16(11-22-12-18)19-9-17(13-25-19)15-4-3-7-21-10-15/h3-4,7-14H,2,5-6H2,1H3. The highest BCUT2D eigenvalue weighted by Gasteiger charge is 2.33. The Morgan fingerprint density at radius 3 is 2.72 bits per heavy atom. The first kappa shape index (κ1) is 16.0. The number of aromatic nitrogens is 2. The summed E-state index contributed by atoms with van der Waals surface area (Å²) in [6.07, 6.45) is 9.32. The van der Waals surface area contributed by atoms with Gasteiger partial charge >= 0.3 is 0 Å². The van der Waals surface area contributed by atoms with Crippen LogP contribution in [0.25, 0.3) is 21.6 Å². The number of anilines is 1. The quantitative estimate of drug-likeness (QED) is 0.674. The van der Waals surface area contributed by atoms with Crippen LogP contribution >= 0.6 is 11.3 Å². The second kappa shape index (κ2) is 6.76. The molecule has 0 spiro atoms. The first-order valence-electron chi connectivity index (χ1n) is 8.52. The molecule has 4 rings (SSSR count). The van der Waals surface area contributed by atoms with Crippen LogP contribution in [0.3, 0.4) is 0 Å². The number of rotatable bonds is 5. The van der Waals surface area contributed by atoms with Crippen LogP contribution in [-0.2, 0) is 4.79 Å². The molecule has 126 valence electrons. The molecule has 0 radical (unpaired) electrons. The molecule has 0 saturated heterocycles. The maximum absolute atomic E-state index is 12.5. The molecular formula is C20H19N3OS. The molecule has 5 heteroatoms. The maximum atomic E-state index is 12.5. The summed E-state index contributed by atoms with van der Waals surface area (Å²) in [5.74, 6) is 0.436. The summed E-state index contributed by atoms with van der Waals surface area (Å²) in [4.78, 5) is 24.0. The van der Waals surface area contributed by atoms with Gasteiger partial charge in [0.2, 0.25) is 5.91 Å². The van der Waals surface area contributed by atoms with Crippen molar-refractivity contribution >= 4 is 22.9 Å². The second-order valence-electron chi connectivity index (χ2n) is 6.23. The number of thiophene rings is 1. The Balaban J connectivity index is 1.63. The summed E-state index contributed by atoms with van der Waals surface area (Å²) in [5.41, 5.74) is 4.18. The van der Waals surface area contributed by atoms with Gasteiger partial charge in [-0.25, -0.2) is 0 Å². The minimum Gasteiger partial charge on any atom is -0.311 e. The minimum absolute atomic E-state index is 0.211. The Hall–Kier alpha value is -2.53. The van der Waals surface area contributed by atoms with E-state index in [1.807, 2.05) is 30.3 Å². The molecule has 0 atom stereocenters. The molecule has 0 aromatic carbocycles. The van der Waals surface area contributed by atoms with E-state index < -0.39 is 0 Å². The van der Waals surface area contributed by atoms with E-state index in [1.54, 1.807) is 23.7 Å². The lowest BCUT2D eigenvalue weighted by molar-refractivity contribution is -0.119. The smallest absolute Gasteiger partial charge is 0.230 e. The molecular weight excluding hydrogens is 330 g/mol. The second-order valence-corrected chi connectivity index (χ2v) is 7.14. The highest BCUT2D eigenvalue weighted by atomic mass is 32.1. The van der Waals surface area contributed by atoms with Crippen molar-refractivity contribution in [1.29, 1.82) is 0 Å². The van der Waals surface area contributed by atoms with Gasteiger partial charge in [0, 0.05) is 47.1 Å². The van der Waals surface area contributed by atoms with Crippen LogP contribution in [0.4, 0.5) is 5.69 Å². The van der Waals surface area contributed by atoms with Gasteiger partial charge in [-0.05, 0) is 48.9 Å². The van der Waals surface area contributed by atoms with E-state index in [2.05, 4.69) is 33.5 Å². The zero-order chi connectivity index (χ0) is 17.2. The zero-order valence-electron chi connectivity index (χ0n) is 14.1. The average Bonchev–Trinajstić information content (AvgIpc) is 3.40. The molecule has 1 aliphatic rings. The van der Waals surface area contributed by atoms with Gasteiger partial charge in [-0.15, -0.1) is 11.3 Å². The van der Waals surface area contributed by atoms with Gasteiger partial charge in [0.25, 0.3) is 0 Å². The Kier molecular flexibility index (Phi) is 4.32. The number of amides is 1. The Labute approximate surface area is 151 Å². The summed E-state index contributed by atoms with van der Waals surface area (Å²) in [5, 5.41) is 2.13. The average molecular weight is 349 g/mol. The third kappa shape index (κ3) is 3.33. The van der Waals surface area contributed by atoms with E-state index >= 15 is 0 Å². The fourth-order valence-electron chi connectivity index (χ4n) is 2.90. The molecule has 0 unspecified atom stereocenters. The number of carbonyl (C=O) groups is 1. The van der Waals surface area contributed by atoms with Crippen LogP contribution in [0.5, 0.6) is 0 Å². The maximum Gasteiger partial charge on any atom is 0.230 e. The van der Waals surface area contributed by atoms with Gasteiger partial charge < -0.3 is 4.90 Å². The predicted molar refractivity (Wildman–Crippen MR) is 102 cm³/mol. The molecule has 1 fully saturated rings. The largest absolute Gasteiger partial charge is 0.311 e. The summed E-state index contributed by atoms with van der Waals surface area (Å²) in [6, 6.07) is 8.22. The van der Waals surface area contributed by atoms with Crippen LogP contribution < -0.4 is 4.90 Å². The summed E-state index contributed by atoms with van der Waals surface area (Å²) in [6.45, 7) is 2.68. The number of nitrogens with zero attached hydrogens (tertiary/aromatic N) is 3. The van der Waals surface area contributed by atoms with E-state index in [1.165, 1.54) is 0 Å². The van der Waals surface area contributed by atoms with Gasteiger partial charge in [-0.2, -0.15) is 0 Å².